The Morgan fingerprint density at radius 2 is 1.85 bits per heavy atom. The van der Waals surface area contributed by atoms with E-state index in [0.29, 0.717) is 46.9 Å². The molecule has 0 unspecified atom stereocenters. The van der Waals surface area contributed by atoms with Crippen molar-refractivity contribution in [3.8, 4) is 17.2 Å². The summed E-state index contributed by atoms with van der Waals surface area (Å²) in [7, 11) is 5.05. The minimum Gasteiger partial charge on any atom is -0.494 e. The number of methoxy groups -OCH3 is 2. The van der Waals surface area contributed by atoms with Gasteiger partial charge in [0, 0.05) is 24.9 Å². The Morgan fingerprint density at radius 3 is 2.45 bits per heavy atom. The molecule has 1 aromatic carbocycles. The Labute approximate surface area is 194 Å². The third kappa shape index (κ3) is 4.93. The Bertz CT molecular complexity index is 1120. The summed E-state index contributed by atoms with van der Waals surface area (Å²) in [6, 6.07) is 5.53. The molecule has 11 nitrogen and oxygen atoms in total. The molecule has 174 valence electrons. The molecule has 2 aromatic heterocycles. The SMILES string of the molecule is COc1cccc(OC)c1-n1c(NS[C@H](C)Cc2ncc(F)cn2)nnc1C1=CN(C)NN1. The van der Waals surface area contributed by atoms with Gasteiger partial charge in [-0.15, -0.1) is 15.7 Å². The lowest BCUT2D eigenvalue weighted by atomic mass is 10.2. The van der Waals surface area contributed by atoms with Crippen molar-refractivity contribution >= 4 is 23.6 Å². The monoisotopic (exact) mass is 473 g/mol. The maximum atomic E-state index is 13.1. The number of hydrazine groups is 2. The molecule has 33 heavy (non-hydrogen) atoms. The molecule has 3 N–H and O–H groups in total. The third-order valence-electron chi connectivity index (χ3n) is 4.71. The van der Waals surface area contributed by atoms with E-state index in [2.05, 4.69) is 35.8 Å². The fraction of sp³-hybridized carbons (Fsp3) is 0.300. The van der Waals surface area contributed by atoms with Gasteiger partial charge in [-0.25, -0.2) is 14.4 Å². The molecule has 0 spiro atoms. The van der Waals surface area contributed by atoms with Gasteiger partial charge in [-0.3, -0.25) is 19.7 Å². The van der Waals surface area contributed by atoms with Gasteiger partial charge in [0.25, 0.3) is 0 Å². The van der Waals surface area contributed by atoms with Crippen LogP contribution in [0.25, 0.3) is 11.4 Å². The van der Waals surface area contributed by atoms with Crippen molar-refractivity contribution in [1.82, 2.24) is 40.7 Å². The quantitative estimate of drug-likeness (QED) is 0.397. The lowest BCUT2D eigenvalue weighted by Crippen LogP contribution is -2.33. The number of rotatable bonds is 9. The fourth-order valence-electron chi connectivity index (χ4n) is 3.21. The summed E-state index contributed by atoms with van der Waals surface area (Å²) in [5, 5.41) is 10.6. The van der Waals surface area contributed by atoms with Crippen molar-refractivity contribution in [2.24, 2.45) is 0 Å². The van der Waals surface area contributed by atoms with Gasteiger partial charge < -0.3 is 9.47 Å². The summed E-state index contributed by atoms with van der Waals surface area (Å²) in [5.74, 6) is 2.31. The summed E-state index contributed by atoms with van der Waals surface area (Å²) in [6.45, 7) is 2.01. The van der Waals surface area contributed by atoms with Gasteiger partial charge in [-0.1, -0.05) is 13.0 Å². The van der Waals surface area contributed by atoms with Crippen LogP contribution < -0.4 is 25.2 Å². The molecule has 13 heteroatoms. The standard InChI is InChI=1S/C20H24FN9O2S/c1-12(8-17-22-9-13(21)10-23-17)33-27-20-26-25-19(14-11-29(2)28-24-14)30(20)18-15(31-3)6-5-7-16(18)32-4/h5-7,9-12,24,28H,8H2,1-4H3,(H,26,27)/t12-/m1/s1. The highest BCUT2D eigenvalue weighted by atomic mass is 32.2. The molecule has 1 aliphatic heterocycles. The number of nitrogens with zero attached hydrogens (tertiary/aromatic N) is 6. The molecule has 3 heterocycles. The number of aromatic nitrogens is 5. The van der Waals surface area contributed by atoms with Gasteiger partial charge in [0.15, 0.2) is 11.6 Å². The predicted molar refractivity (Wildman–Crippen MR) is 123 cm³/mol. The molecule has 0 saturated heterocycles. The summed E-state index contributed by atoms with van der Waals surface area (Å²) >= 11 is 1.43. The molecular weight excluding hydrogens is 449 g/mol. The second-order valence-corrected chi connectivity index (χ2v) is 8.38. The van der Waals surface area contributed by atoms with Crippen molar-refractivity contribution in [3.05, 3.63) is 54.3 Å². The van der Waals surface area contributed by atoms with Crippen LogP contribution in [0.1, 0.15) is 18.6 Å². The first-order valence-electron chi connectivity index (χ1n) is 10.0. The first-order valence-corrected chi connectivity index (χ1v) is 10.9. The van der Waals surface area contributed by atoms with Crippen molar-refractivity contribution in [2.75, 3.05) is 26.0 Å². The maximum Gasteiger partial charge on any atom is 0.239 e. The maximum absolute atomic E-state index is 13.1. The van der Waals surface area contributed by atoms with E-state index in [0.717, 1.165) is 12.4 Å². The normalized spacial score (nSPS) is 14.0. The lowest BCUT2D eigenvalue weighted by Gasteiger charge is -2.18. The number of para-hydroxylation sites is 1. The molecular formula is C20H24FN9O2S. The first-order chi connectivity index (χ1) is 16.0. The molecule has 3 aromatic rings. The number of ether oxygens (including phenoxy) is 2. The smallest absolute Gasteiger partial charge is 0.239 e. The van der Waals surface area contributed by atoms with Crippen LogP contribution in [0.3, 0.4) is 0 Å². The van der Waals surface area contributed by atoms with Crippen LogP contribution in [-0.4, -0.2) is 56.3 Å². The van der Waals surface area contributed by atoms with E-state index in [1.807, 2.05) is 42.9 Å². The van der Waals surface area contributed by atoms with Gasteiger partial charge in [0.2, 0.25) is 5.95 Å². The number of hydrogen-bond donors (Lipinski definition) is 3. The molecule has 0 aliphatic carbocycles. The molecule has 1 aliphatic rings. The van der Waals surface area contributed by atoms with Crippen molar-refractivity contribution in [1.29, 1.82) is 0 Å². The number of hydrogen-bond acceptors (Lipinski definition) is 11. The van der Waals surface area contributed by atoms with Gasteiger partial charge >= 0.3 is 0 Å². The Morgan fingerprint density at radius 1 is 1.15 bits per heavy atom. The zero-order valence-electron chi connectivity index (χ0n) is 18.5. The van der Waals surface area contributed by atoms with Gasteiger partial charge in [0.1, 0.15) is 28.7 Å². The summed E-state index contributed by atoms with van der Waals surface area (Å²) in [5.41, 5.74) is 7.41. The molecule has 0 saturated carbocycles. The molecule has 4 rings (SSSR count). The highest BCUT2D eigenvalue weighted by Gasteiger charge is 2.25. The lowest BCUT2D eigenvalue weighted by molar-refractivity contribution is 0.330. The van der Waals surface area contributed by atoms with Crippen LogP contribution in [0.15, 0.2) is 36.8 Å². The molecule has 0 fully saturated rings. The number of halogens is 1. The van der Waals surface area contributed by atoms with Gasteiger partial charge in [-0.05, 0) is 24.1 Å². The van der Waals surface area contributed by atoms with E-state index < -0.39 is 5.82 Å². The summed E-state index contributed by atoms with van der Waals surface area (Å²) in [6.07, 6.45) is 4.72. The number of anilines is 1. The zero-order chi connectivity index (χ0) is 23.4. The zero-order valence-corrected chi connectivity index (χ0v) is 19.4. The number of benzene rings is 1. The molecule has 1 atom stereocenters. The van der Waals surface area contributed by atoms with Crippen LogP contribution in [0.4, 0.5) is 10.3 Å². The predicted octanol–water partition coefficient (Wildman–Crippen LogP) is 2.16. The van der Waals surface area contributed by atoms with E-state index in [4.69, 9.17) is 9.47 Å². The van der Waals surface area contributed by atoms with Crippen LogP contribution in [-0.2, 0) is 6.42 Å². The van der Waals surface area contributed by atoms with E-state index >= 15 is 0 Å². The minimum absolute atomic E-state index is 0.0558. The largest absolute Gasteiger partial charge is 0.494 e. The van der Waals surface area contributed by atoms with Crippen molar-refractivity contribution in [3.63, 3.8) is 0 Å². The highest BCUT2D eigenvalue weighted by molar-refractivity contribution is 8.01. The van der Waals surface area contributed by atoms with Crippen molar-refractivity contribution < 1.29 is 13.9 Å². The van der Waals surface area contributed by atoms with Crippen LogP contribution in [0.2, 0.25) is 0 Å². The second kappa shape index (κ2) is 9.92. The van der Waals surface area contributed by atoms with Crippen LogP contribution in [0, 0.1) is 5.82 Å². The minimum atomic E-state index is -0.460. The van der Waals surface area contributed by atoms with Gasteiger partial charge in [0.05, 0.1) is 26.6 Å². The van der Waals surface area contributed by atoms with E-state index in [-0.39, 0.29) is 5.25 Å². The third-order valence-corrected chi connectivity index (χ3v) is 5.58. The van der Waals surface area contributed by atoms with Crippen molar-refractivity contribution in [2.45, 2.75) is 18.6 Å². The average molecular weight is 474 g/mol. The average Bonchev–Trinajstić information content (AvgIpc) is 3.44. The Balaban J connectivity index is 1.66. The molecule has 0 bridgehead atoms. The fourth-order valence-corrected chi connectivity index (χ4v) is 3.88. The molecule has 0 radical (unpaired) electrons. The van der Waals surface area contributed by atoms with E-state index in [9.17, 15) is 4.39 Å². The molecule has 0 amide bonds. The van der Waals surface area contributed by atoms with Gasteiger partial charge in [-0.2, -0.15) is 0 Å². The van der Waals surface area contributed by atoms with E-state index in [1.54, 1.807) is 19.2 Å². The first kappa shape index (κ1) is 22.6. The Kier molecular flexibility index (Phi) is 6.79. The highest BCUT2D eigenvalue weighted by Crippen LogP contribution is 2.37. The van der Waals surface area contributed by atoms with Crippen LogP contribution >= 0.6 is 11.9 Å². The topological polar surface area (TPSA) is 114 Å². The summed E-state index contributed by atoms with van der Waals surface area (Å²) < 4.78 is 29.4. The van der Waals surface area contributed by atoms with E-state index in [1.165, 1.54) is 11.9 Å². The Hall–Kier alpha value is -3.58. The van der Waals surface area contributed by atoms with Crippen LogP contribution in [0.5, 0.6) is 11.5 Å². The second-order valence-electron chi connectivity index (χ2n) is 7.14. The summed E-state index contributed by atoms with van der Waals surface area (Å²) in [4.78, 5) is 8.05. The number of nitrogens with one attached hydrogen (secondary N) is 3.